The molecule has 0 saturated carbocycles. The quantitative estimate of drug-likeness (QED) is 0.813. The zero-order chi connectivity index (χ0) is 13.5. The van der Waals surface area contributed by atoms with Crippen LogP contribution < -0.4 is 15.4 Å². The maximum atomic E-state index is 11.9. The molecule has 0 aliphatic carbocycles. The van der Waals surface area contributed by atoms with Gasteiger partial charge in [-0.05, 0) is 37.2 Å². The van der Waals surface area contributed by atoms with E-state index < -0.39 is 0 Å². The van der Waals surface area contributed by atoms with Crippen molar-refractivity contribution in [2.45, 2.75) is 20.8 Å². The molecule has 0 aliphatic heterocycles. The second kappa shape index (κ2) is 7.01. The van der Waals surface area contributed by atoms with Crippen molar-refractivity contribution < 1.29 is 9.53 Å². The Morgan fingerprint density at radius 1 is 1.44 bits per heavy atom. The Hall–Kier alpha value is -1.55. The number of carbonyl (C=O) groups is 1. The van der Waals surface area contributed by atoms with Crippen LogP contribution in [0.3, 0.4) is 0 Å². The summed E-state index contributed by atoms with van der Waals surface area (Å²) in [6.45, 7) is 7.46. The summed E-state index contributed by atoms with van der Waals surface area (Å²) in [5.41, 5.74) is 1.82. The summed E-state index contributed by atoms with van der Waals surface area (Å²) < 4.78 is 5.18. The number of hydrogen-bond donors (Lipinski definition) is 2. The molecule has 100 valence electrons. The molecule has 4 nitrogen and oxygen atoms in total. The predicted octanol–water partition coefficient (Wildman–Crippen LogP) is 2.19. The minimum atomic E-state index is -0.0487. The van der Waals surface area contributed by atoms with Gasteiger partial charge in [-0.2, -0.15) is 0 Å². The highest BCUT2D eigenvalue weighted by atomic mass is 16.5. The number of hydrogen-bond acceptors (Lipinski definition) is 3. The van der Waals surface area contributed by atoms with Crippen molar-refractivity contribution in [2.75, 3.05) is 25.5 Å². The van der Waals surface area contributed by atoms with Crippen LogP contribution in [0.1, 0.15) is 19.4 Å². The minimum absolute atomic E-state index is 0.0283. The molecule has 4 heteroatoms. The van der Waals surface area contributed by atoms with Crippen LogP contribution in [-0.2, 0) is 4.79 Å². The largest absolute Gasteiger partial charge is 0.496 e. The minimum Gasteiger partial charge on any atom is -0.496 e. The fourth-order valence-electron chi connectivity index (χ4n) is 1.68. The molecule has 1 rings (SSSR count). The molecule has 1 atom stereocenters. The van der Waals surface area contributed by atoms with E-state index in [1.54, 1.807) is 7.11 Å². The first-order chi connectivity index (χ1) is 8.58. The number of methoxy groups -OCH3 is 1. The summed E-state index contributed by atoms with van der Waals surface area (Å²) in [4.78, 5) is 11.9. The van der Waals surface area contributed by atoms with Gasteiger partial charge in [-0.15, -0.1) is 0 Å². The molecule has 1 unspecified atom stereocenters. The monoisotopic (exact) mass is 250 g/mol. The normalized spacial score (nSPS) is 12.0. The summed E-state index contributed by atoms with van der Waals surface area (Å²) >= 11 is 0. The van der Waals surface area contributed by atoms with E-state index in [1.165, 1.54) is 0 Å². The first kappa shape index (κ1) is 14.5. The maximum Gasteiger partial charge on any atom is 0.228 e. The van der Waals surface area contributed by atoms with Crippen LogP contribution in [0.25, 0.3) is 0 Å². The molecule has 18 heavy (non-hydrogen) atoms. The molecule has 0 saturated heterocycles. The number of benzene rings is 1. The molecule has 0 radical (unpaired) electrons. The van der Waals surface area contributed by atoms with E-state index in [0.717, 1.165) is 23.5 Å². The molecular formula is C14H22N2O2. The number of anilines is 1. The molecule has 0 aromatic heterocycles. The standard InChI is InChI=1S/C14H22N2O2/c1-5-15-9-11(3)14(17)16-12-6-7-13(18-4)10(2)8-12/h6-8,11,15H,5,9H2,1-4H3,(H,16,17). The lowest BCUT2D eigenvalue weighted by Crippen LogP contribution is -2.30. The zero-order valence-corrected chi connectivity index (χ0v) is 11.5. The second-order valence-electron chi connectivity index (χ2n) is 4.38. The van der Waals surface area contributed by atoms with Crippen molar-refractivity contribution in [1.29, 1.82) is 0 Å². The van der Waals surface area contributed by atoms with Gasteiger partial charge in [-0.3, -0.25) is 4.79 Å². The van der Waals surface area contributed by atoms with Crippen molar-refractivity contribution in [2.24, 2.45) is 5.92 Å². The van der Waals surface area contributed by atoms with E-state index in [0.29, 0.717) is 6.54 Å². The Morgan fingerprint density at radius 3 is 2.72 bits per heavy atom. The lowest BCUT2D eigenvalue weighted by Gasteiger charge is -2.13. The fraction of sp³-hybridized carbons (Fsp3) is 0.500. The van der Waals surface area contributed by atoms with Gasteiger partial charge < -0.3 is 15.4 Å². The van der Waals surface area contributed by atoms with Crippen LogP contribution in [0.4, 0.5) is 5.69 Å². The summed E-state index contributed by atoms with van der Waals surface area (Å²) in [7, 11) is 1.64. The number of rotatable bonds is 6. The average molecular weight is 250 g/mol. The van der Waals surface area contributed by atoms with Gasteiger partial charge in [0.05, 0.1) is 7.11 Å². The van der Waals surface area contributed by atoms with E-state index >= 15 is 0 Å². The highest BCUT2D eigenvalue weighted by Crippen LogP contribution is 2.21. The summed E-state index contributed by atoms with van der Waals surface area (Å²) in [5.74, 6) is 0.807. The van der Waals surface area contributed by atoms with Crippen LogP contribution in [0.15, 0.2) is 18.2 Å². The fourth-order valence-corrected chi connectivity index (χ4v) is 1.68. The van der Waals surface area contributed by atoms with Gasteiger partial charge in [0.1, 0.15) is 5.75 Å². The van der Waals surface area contributed by atoms with E-state index in [9.17, 15) is 4.79 Å². The van der Waals surface area contributed by atoms with Gasteiger partial charge >= 0.3 is 0 Å². The number of nitrogens with one attached hydrogen (secondary N) is 2. The lowest BCUT2D eigenvalue weighted by molar-refractivity contribution is -0.119. The van der Waals surface area contributed by atoms with Crippen LogP contribution in [0, 0.1) is 12.8 Å². The van der Waals surface area contributed by atoms with E-state index in [-0.39, 0.29) is 11.8 Å². The zero-order valence-electron chi connectivity index (χ0n) is 11.5. The van der Waals surface area contributed by atoms with Gasteiger partial charge in [0, 0.05) is 18.2 Å². The molecular weight excluding hydrogens is 228 g/mol. The molecule has 0 fully saturated rings. The van der Waals surface area contributed by atoms with Crippen molar-refractivity contribution in [3.8, 4) is 5.75 Å². The van der Waals surface area contributed by atoms with Gasteiger partial charge in [0.2, 0.25) is 5.91 Å². The molecule has 0 heterocycles. The maximum absolute atomic E-state index is 11.9. The van der Waals surface area contributed by atoms with Crippen molar-refractivity contribution >= 4 is 11.6 Å². The number of aryl methyl sites for hydroxylation is 1. The number of ether oxygens (including phenoxy) is 1. The number of carbonyl (C=O) groups excluding carboxylic acids is 1. The summed E-state index contributed by atoms with van der Waals surface area (Å²) in [5, 5.41) is 6.07. The third-order valence-electron chi connectivity index (χ3n) is 2.81. The molecule has 0 bridgehead atoms. The Labute approximate surface area is 109 Å². The molecule has 1 amide bonds. The smallest absolute Gasteiger partial charge is 0.228 e. The van der Waals surface area contributed by atoms with Gasteiger partial charge in [0.25, 0.3) is 0 Å². The molecule has 0 aliphatic rings. The summed E-state index contributed by atoms with van der Waals surface area (Å²) in [6, 6.07) is 5.63. The Bertz CT molecular complexity index is 405. The van der Waals surface area contributed by atoms with Gasteiger partial charge in [-0.25, -0.2) is 0 Å². The van der Waals surface area contributed by atoms with E-state index in [1.807, 2.05) is 39.0 Å². The van der Waals surface area contributed by atoms with Crippen molar-refractivity contribution in [1.82, 2.24) is 5.32 Å². The van der Waals surface area contributed by atoms with E-state index in [4.69, 9.17) is 4.74 Å². The Morgan fingerprint density at radius 2 is 2.17 bits per heavy atom. The Kier molecular flexibility index (Phi) is 5.65. The summed E-state index contributed by atoms with van der Waals surface area (Å²) in [6.07, 6.45) is 0. The average Bonchev–Trinajstić information content (AvgIpc) is 2.36. The highest BCUT2D eigenvalue weighted by Gasteiger charge is 2.12. The van der Waals surface area contributed by atoms with Gasteiger partial charge in [0.15, 0.2) is 0 Å². The Balaban J connectivity index is 2.61. The third kappa shape index (κ3) is 4.04. The highest BCUT2D eigenvalue weighted by molar-refractivity contribution is 5.92. The molecule has 2 N–H and O–H groups in total. The van der Waals surface area contributed by atoms with E-state index in [2.05, 4.69) is 10.6 Å². The van der Waals surface area contributed by atoms with Crippen LogP contribution >= 0.6 is 0 Å². The van der Waals surface area contributed by atoms with Gasteiger partial charge in [-0.1, -0.05) is 13.8 Å². The van der Waals surface area contributed by atoms with Crippen LogP contribution in [0.5, 0.6) is 5.75 Å². The predicted molar refractivity (Wildman–Crippen MR) is 74.1 cm³/mol. The second-order valence-corrected chi connectivity index (χ2v) is 4.38. The first-order valence-corrected chi connectivity index (χ1v) is 6.24. The van der Waals surface area contributed by atoms with Crippen LogP contribution in [-0.4, -0.2) is 26.1 Å². The number of amides is 1. The lowest BCUT2D eigenvalue weighted by atomic mass is 10.1. The van der Waals surface area contributed by atoms with Crippen molar-refractivity contribution in [3.63, 3.8) is 0 Å². The van der Waals surface area contributed by atoms with Crippen LogP contribution in [0.2, 0.25) is 0 Å². The molecule has 0 spiro atoms. The molecule has 1 aromatic rings. The first-order valence-electron chi connectivity index (χ1n) is 6.24. The third-order valence-corrected chi connectivity index (χ3v) is 2.81. The topological polar surface area (TPSA) is 50.4 Å². The molecule has 1 aromatic carbocycles. The van der Waals surface area contributed by atoms with Crippen molar-refractivity contribution in [3.05, 3.63) is 23.8 Å². The SMILES string of the molecule is CCNCC(C)C(=O)Nc1ccc(OC)c(C)c1.